The van der Waals surface area contributed by atoms with E-state index in [4.69, 9.17) is 10.8 Å². The Morgan fingerprint density at radius 3 is 1.62 bits per heavy atom. The van der Waals surface area contributed by atoms with Gasteiger partial charge in [-0.05, 0) is 38.8 Å². The summed E-state index contributed by atoms with van der Waals surface area (Å²) in [6, 6.07) is 1.33. The lowest BCUT2D eigenvalue weighted by Crippen LogP contribution is -2.38. The molecule has 26 nitrogen and oxygen atoms in total. The second kappa shape index (κ2) is 18.9. The van der Waals surface area contributed by atoms with Gasteiger partial charge in [0.25, 0.3) is 23.0 Å². The summed E-state index contributed by atoms with van der Waals surface area (Å²) in [5.41, 5.74) is 5.20. The number of nitrogen functional groups attached to an aromatic ring is 1. The molecule has 77 heavy (non-hydrogen) atoms. The van der Waals surface area contributed by atoms with E-state index in [1.54, 1.807) is 48.9 Å². The van der Waals surface area contributed by atoms with Crippen molar-refractivity contribution < 1.29 is 32.3 Å². The molecule has 4 fully saturated rings. The molecule has 12 rings (SSSR count). The Labute approximate surface area is 430 Å². The molecule has 4 aliphatic rings. The summed E-state index contributed by atoms with van der Waals surface area (Å²) in [7, 11) is 5.68. The third kappa shape index (κ3) is 9.00. The Morgan fingerprint density at radius 2 is 1.12 bits per heavy atom. The number of nitrogens with two attached hydrogens (primary N) is 1. The number of hydrogen-bond donors (Lipinski definition) is 3. The summed E-state index contributed by atoms with van der Waals surface area (Å²) < 4.78 is 60.3. The number of carboxylic acids is 1. The molecule has 3 aliphatic carbocycles. The van der Waals surface area contributed by atoms with Crippen molar-refractivity contribution in [2.24, 2.45) is 51.9 Å². The number of aryl methyl sites for hydroxylation is 2. The fraction of sp³-hybridized carbons (Fsp3) is 0.404. The van der Waals surface area contributed by atoms with E-state index in [0.717, 1.165) is 9.13 Å². The molecule has 6 atom stereocenters. The number of nitrogens with zero attached hydrogens (tertiary/aromatic N) is 17. The Morgan fingerprint density at radius 1 is 0.649 bits per heavy atom. The van der Waals surface area contributed by atoms with Crippen LogP contribution in [0.5, 0.6) is 0 Å². The van der Waals surface area contributed by atoms with Crippen molar-refractivity contribution in [3.8, 4) is 22.8 Å². The number of carbonyl (C=O) groups is 2. The zero-order chi connectivity index (χ0) is 55.2. The predicted molar refractivity (Wildman–Crippen MR) is 265 cm³/mol. The van der Waals surface area contributed by atoms with Crippen LogP contribution in [0.25, 0.3) is 45.1 Å². The number of anilines is 3. The number of aromatic nitrogens is 16. The lowest BCUT2D eigenvalue weighted by molar-refractivity contribution is -0.140. The minimum atomic E-state index is -2.54. The van der Waals surface area contributed by atoms with Gasteiger partial charge in [0.15, 0.2) is 34.0 Å². The average Bonchev–Trinajstić information content (AvgIpc) is 4.12. The van der Waals surface area contributed by atoms with Gasteiger partial charge < -0.3 is 30.2 Å². The van der Waals surface area contributed by atoms with Crippen LogP contribution in [0.15, 0.2) is 81.1 Å². The van der Waals surface area contributed by atoms with Crippen LogP contribution in [0.2, 0.25) is 0 Å². The number of amides is 1. The number of piperidine rings is 1. The van der Waals surface area contributed by atoms with E-state index in [-0.39, 0.29) is 39.9 Å². The van der Waals surface area contributed by atoms with Gasteiger partial charge >= 0.3 is 17.3 Å². The summed E-state index contributed by atoms with van der Waals surface area (Å²) >= 11 is 0. The van der Waals surface area contributed by atoms with E-state index < -0.39 is 82.0 Å². The molecule has 8 aromatic rings. The van der Waals surface area contributed by atoms with Crippen molar-refractivity contribution in [3.63, 3.8) is 0 Å². The Bertz CT molecular complexity index is 3880. The maximum atomic E-state index is 13.5. The minimum absolute atomic E-state index is 0.0785. The van der Waals surface area contributed by atoms with Gasteiger partial charge in [-0.3, -0.25) is 32.7 Å². The van der Waals surface area contributed by atoms with Crippen molar-refractivity contribution in [1.29, 1.82) is 0 Å². The molecule has 30 heteroatoms. The number of nitrogens with one attached hydrogen (secondary N) is 1. The van der Waals surface area contributed by atoms with Gasteiger partial charge in [-0.1, -0.05) is 0 Å². The highest BCUT2D eigenvalue weighted by Gasteiger charge is 2.72. The third-order valence-corrected chi connectivity index (χ3v) is 14.6. The average molecular weight is 1070 g/mol. The van der Waals surface area contributed by atoms with Gasteiger partial charge in [0, 0.05) is 96.2 Å². The smallest absolute Gasteiger partial charge is 0.332 e. The van der Waals surface area contributed by atoms with E-state index in [1.165, 1.54) is 78.3 Å². The molecule has 0 radical (unpaired) electrons. The van der Waals surface area contributed by atoms with Crippen LogP contribution in [0.1, 0.15) is 50.5 Å². The Balaban J connectivity index is 0.000000145. The summed E-state index contributed by atoms with van der Waals surface area (Å²) in [6.07, 6.45) is 12.7. The molecular weight excluding hydrogens is 1020 g/mol. The van der Waals surface area contributed by atoms with Gasteiger partial charge in [-0.2, -0.15) is 0 Å². The highest BCUT2D eigenvalue weighted by Crippen LogP contribution is 2.67. The fourth-order valence-electron chi connectivity index (χ4n) is 9.83. The molecule has 400 valence electrons. The molecule has 3 saturated carbocycles. The van der Waals surface area contributed by atoms with Crippen LogP contribution in [0.4, 0.5) is 35.1 Å². The van der Waals surface area contributed by atoms with Crippen LogP contribution in [-0.2, 0) is 37.8 Å². The topological polar surface area (TPSA) is 322 Å². The maximum absolute atomic E-state index is 13.5. The first kappa shape index (κ1) is 51.4. The number of rotatable bonds is 9. The number of carbonyl (C=O) groups excluding carboxylic acids is 1. The summed E-state index contributed by atoms with van der Waals surface area (Å²) in [4.78, 5) is 116. The quantitative estimate of drug-likeness (QED) is 0.174. The van der Waals surface area contributed by atoms with E-state index >= 15 is 0 Å². The third-order valence-electron chi connectivity index (χ3n) is 14.6. The monoisotopic (exact) mass is 1070 g/mol. The van der Waals surface area contributed by atoms with Gasteiger partial charge in [0.1, 0.15) is 29.5 Å². The number of imidazole rings is 2. The molecule has 1 aliphatic heterocycles. The second-order valence-electron chi connectivity index (χ2n) is 19.3. The summed E-state index contributed by atoms with van der Waals surface area (Å²) in [5.74, 6) is -6.55. The number of aliphatic carboxylic acids is 1. The van der Waals surface area contributed by atoms with Crippen molar-refractivity contribution in [2.75, 3.05) is 29.0 Å². The standard InChI is InChI=1S/C24H23F2N9O3.C13H12F2N6.C10H12N4O4/c1-11(35-10-30-20-17(35)22(37)34(3)23(38)33(20)2)21(36)32-16-4-5-27-19(31-16)13-8-28-18(29-9-13)12-6-14-15(7-12)24(14,25)26;14-13(15)8-5-21(6-9(8)13)12-18-3-7(4-19-12)11-17-2-1-10(16)20-11;1-5(9(16)17)14-4-11-7-6(14)8(15)13(3)10(18)12(7)2/h4-5,8-12,14-15H,6-7H2,1-3H3,(H,27,31,32,36);1-4,8-9H,5-6H2,(H2,16,17,20);4-5H,1-3H3,(H,16,17)/t11-,12?,14?,15?;;5-/m0.0/s1. The van der Waals surface area contributed by atoms with Gasteiger partial charge in [0.2, 0.25) is 11.9 Å². The largest absolute Gasteiger partial charge is 0.480 e. The number of alkyl halides is 4. The molecule has 1 amide bonds. The van der Waals surface area contributed by atoms with Gasteiger partial charge in [-0.15, -0.1) is 0 Å². The summed E-state index contributed by atoms with van der Waals surface area (Å²) in [6.45, 7) is 3.66. The van der Waals surface area contributed by atoms with Crippen molar-refractivity contribution in [3.05, 3.63) is 109 Å². The first-order valence-corrected chi connectivity index (χ1v) is 23.8. The Kier molecular flexibility index (Phi) is 12.6. The molecule has 4 unspecified atom stereocenters. The predicted octanol–water partition coefficient (Wildman–Crippen LogP) is 1.94. The molecule has 1 saturated heterocycles. The zero-order valence-electron chi connectivity index (χ0n) is 41.7. The number of hydrogen-bond acceptors (Lipinski definition) is 18. The number of fused-ring (bicyclic) bond motifs is 4. The van der Waals surface area contributed by atoms with Crippen LogP contribution >= 0.6 is 0 Å². The zero-order valence-corrected chi connectivity index (χ0v) is 41.7. The van der Waals surface area contributed by atoms with Crippen molar-refractivity contribution in [2.45, 2.75) is 56.5 Å². The normalized spacial score (nSPS) is 21.0. The minimum Gasteiger partial charge on any atom is -0.480 e. The Hall–Kier alpha value is -9.12. The molecule has 0 aromatic carbocycles. The molecular formula is C47H47F4N19O7. The number of carboxylic acid groups (broad SMARTS) is 1. The molecule has 0 spiro atoms. The van der Waals surface area contributed by atoms with E-state index in [9.17, 15) is 46.3 Å². The first-order chi connectivity index (χ1) is 36.5. The van der Waals surface area contributed by atoms with Crippen LogP contribution in [0.3, 0.4) is 0 Å². The fourth-order valence-corrected chi connectivity index (χ4v) is 9.83. The summed E-state index contributed by atoms with van der Waals surface area (Å²) in [5, 5.41) is 11.7. The molecule has 4 N–H and O–H groups in total. The SMILES string of the molecule is C[C@@H](C(=O)Nc1ccnc(-c2cnc(C3CC4C(C3)C4(F)F)nc2)n1)n1cnc2c1c(=O)n(C)c(=O)n2C.C[C@@H](C(=O)O)n1cnc2c1c(=O)n(C)c(=O)n2C.Nc1ccnc(-c2cnc(N3CC4C(C3)C4(F)F)nc2)n1. The maximum Gasteiger partial charge on any atom is 0.332 e. The van der Waals surface area contributed by atoms with Gasteiger partial charge in [-0.25, -0.2) is 81.8 Å². The lowest BCUT2D eigenvalue weighted by Gasteiger charge is -2.19. The van der Waals surface area contributed by atoms with Crippen LogP contribution < -0.4 is 38.4 Å². The lowest BCUT2D eigenvalue weighted by atomic mass is 10.0. The highest BCUT2D eigenvalue weighted by molar-refractivity contribution is 5.93. The van der Waals surface area contributed by atoms with E-state index in [0.29, 0.717) is 60.5 Å². The molecule has 8 aromatic heterocycles. The van der Waals surface area contributed by atoms with Crippen molar-refractivity contribution >= 4 is 51.8 Å². The molecule has 0 bridgehead atoms. The van der Waals surface area contributed by atoms with Crippen LogP contribution in [-0.4, -0.2) is 119 Å². The van der Waals surface area contributed by atoms with Gasteiger partial charge in [0.05, 0.1) is 35.6 Å². The highest BCUT2D eigenvalue weighted by atomic mass is 19.3. The van der Waals surface area contributed by atoms with E-state index in [1.807, 2.05) is 0 Å². The van der Waals surface area contributed by atoms with E-state index in [2.05, 4.69) is 55.2 Å². The first-order valence-electron chi connectivity index (χ1n) is 23.8. The van der Waals surface area contributed by atoms with Crippen molar-refractivity contribution in [1.82, 2.24) is 77.2 Å². The number of halogens is 4. The second-order valence-corrected chi connectivity index (χ2v) is 19.3. The van der Waals surface area contributed by atoms with Crippen LogP contribution in [0, 0.1) is 23.7 Å². The molecule has 9 heterocycles.